The molecule has 0 atom stereocenters. The Bertz CT molecular complexity index is 496. The van der Waals surface area contributed by atoms with Crippen LogP contribution in [0.5, 0.6) is 0 Å². The van der Waals surface area contributed by atoms with Crippen LogP contribution in [0.15, 0.2) is 24.3 Å². The second-order valence-electron chi connectivity index (χ2n) is 2.39. The SMILES string of the molecule is O=C(O)c1cccc(C(I)=S(=O)=O)c1. The molecule has 4 nitrogen and oxygen atoms in total. The van der Waals surface area contributed by atoms with Crippen molar-refractivity contribution in [3.63, 3.8) is 0 Å². The van der Waals surface area contributed by atoms with Crippen LogP contribution in [0.3, 0.4) is 0 Å². The summed E-state index contributed by atoms with van der Waals surface area (Å²) in [6, 6.07) is 5.78. The molecule has 6 heteroatoms. The number of carboxylic acids is 1. The molecule has 0 saturated carbocycles. The van der Waals surface area contributed by atoms with Gasteiger partial charge in [0.1, 0.15) is 2.87 Å². The molecule has 0 bridgehead atoms. The van der Waals surface area contributed by atoms with Crippen LogP contribution in [0.2, 0.25) is 0 Å². The third-order valence-corrected chi connectivity index (χ3v) is 3.71. The van der Waals surface area contributed by atoms with E-state index in [9.17, 15) is 13.2 Å². The lowest BCUT2D eigenvalue weighted by Gasteiger charge is -1.97. The number of benzene rings is 1. The third kappa shape index (κ3) is 2.55. The van der Waals surface area contributed by atoms with Gasteiger partial charge in [0.25, 0.3) is 0 Å². The smallest absolute Gasteiger partial charge is 0.335 e. The fourth-order valence-corrected chi connectivity index (χ4v) is 1.53. The summed E-state index contributed by atoms with van der Waals surface area (Å²) >= 11 is 1.65. The van der Waals surface area contributed by atoms with E-state index >= 15 is 0 Å². The first-order chi connectivity index (χ1) is 6.52. The first-order valence-electron chi connectivity index (χ1n) is 3.48. The minimum atomic E-state index is -2.32. The summed E-state index contributed by atoms with van der Waals surface area (Å²) in [5.41, 5.74) is 0.459. The molecule has 0 aromatic heterocycles. The van der Waals surface area contributed by atoms with Gasteiger partial charge in [-0.2, -0.15) is 8.42 Å². The molecule has 1 N–H and O–H groups in total. The Morgan fingerprint density at radius 1 is 1.29 bits per heavy atom. The number of rotatable bonds is 2. The van der Waals surface area contributed by atoms with Crippen molar-refractivity contribution >= 4 is 41.7 Å². The fourth-order valence-electron chi connectivity index (χ4n) is 0.871. The van der Waals surface area contributed by atoms with E-state index in [0.29, 0.717) is 5.56 Å². The minimum absolute atomic E-state index is 0.0714. The number of hydrogen-bond acceptors (Lipinski definition) is 3. The molecule has 74 valence electrons. The van der Waals surface area contributed by atoms with Gasteiger partial charge < -0.3 is 5.11 Å². The van der Waals surface area contributed by atoms with Gasteiger partial charge in [-0.3, -0.25) is 0 Å². The summed E-state index contributed by atoms with van der Waals surface area (Å²) in [6.45, 7) is 0. The first kappa shape index (κ1) is 11.2. The zero-order valence-corrected chi connectivity index (χ0v) is 9.74. The normalized spacial score (nSPS) is 9.50. The highest BCUT2D eigenvalue weighted by atomic mass is 127. The average Bonchev–Trinajstić information content (AvgIpc) is 2.16. The van der Waals surface area contributed by atoms with Crippen molar-refractivity contribution in [1.29, 1.82) is 0 Å². The molecule has 0 aliphatic carbocycles. The van der Waals surface area contributed by atoms with Crippen LogP contribution in [-0.4, -0.2) is 22.4 Å². The molecule has 0 aliphatic rings. The Morgan fingerprint density at radius 2 is 1.86 bits per heavy atom. The summed E-state index contributed by atoms with van der Waals surface area (Å²) in [5.74, 6) is -1.08. The maximum Gasteiger partial charge on any atom is 0.335 e. The predicted molar refractivity (Wildman–Crippen MR) is 60.5 cm³/mol. The van der Waals surface area contributed by atoms with Gasteiger partial charge in [-0.1, -0.05) is 12.1 Å². The molecule has 0 aliphatic heterocycles. The Morgan fingerprint density at radius 3 is 2.36 bits per heavy atom. The van der Waals surface area contributed by atoms with Crippen molar-refractivity contribution in [2.75, 3.05) is 0 Å². The summed E-state index contributed by atoms with van der Waals surface area (Å²) in [7, 11) is -2.32. The number of aromatic carboxylic acids is 1. The van der Waals surface area contributed by atoms with E-state index in [1.165, 1.54) is 18.2 Å². The van der Waals surface area contributed by atoms with Crippen molar-refractivity contribution in [3.8, 4) is 0 Å². The maximum atomic E-state index is 10.6. The largest absolute Gasteiger partial charge is 0.478 e. The van der Waals surface area contributed by atoms with Crippen LogP contribution in [0, 0.1) is 0 Å². The molecule has 1 aromatic rings. The van der Waals surface area contributed by atoms with Gasteiger partial charge in [-0.05, 0) is 34.7 Å². The lowest BCUT2D eigenvalue weighted by Crippen LogP contribution is -1.99. The number of hydrogen-bond donors (Lipinski definition) is 1. The molecule has 14 heavy (non-hydrogen) atoms. The van der Waals surface area contributed by atoms with Gasteiger partial charge in [0.2, 0.25) is 10.3 Å². The van der Waals surface area contributed by atoms with E-state index in [-0.39, 0.29) is 8.43 Å². The molecular weight excluding hydrogens is 319 g/mol. The van der Waals surface area contributed by atoms with Gasteiger partial charge >= 0.3 is 5.97 Å². The average molecular weight is 324 g/mol. The van der Waals surface area contributed by atoms with E-state index in [1.807, 2.05) is 0 Å². The fraction of sp³-hybridized carbons (Fsp3) is 0. The molecule has 0 unspecified atom stereocenters. The van der Waals surface area contributed by atoms with Crippen LogP contribution < -0.4 is 0 Å². The lowest BCUT2D eigenvalue weighted by molar-refractivity contribution is 0.0697. The van der Waals surface area contributed by atoms with Gasteiger partial charge in [-0.25, -0.2) is 4.79 Å². The summed E-state index contributed by atoms with van der Waals surface area (Å²) in [5, 5.41) is 8.66. The van der Waals surface area contributed by atoms with E-state index < -0.39 is 16.3 Å². The molecule has 0 fully saturated rings. The topological polar surface area (TPSA) is 71.4 Å². The highest BCUT2D eigenvalue weighted by Crippen LogP contribution is 2.09. The molecule has 0 amide bonds. The second kappa shape index (κ2) is 4.56. The highest BCUT2D eigenvalue weighted by Gasteiger charge is 2.06. The third-order valence-electron chi connectivity index (χ3n) is 1.48. The standard InChI is InChI=1S/C8H5IO4S/c9-7(14(12)13)5-2-1-3-6(4-5)8(10)11/h1-4H,(H,10,11). The van der Waals surface area contributed by atoms with Gasteiger partial charge in [0.15, 0.2) is 0 Å². The molecule has 0 heterocycles. The number of halogens is 1. The second-order valence-corrected chi connectivity index (χ2v) is 5.08. The summed E-state index contributed by atoms with van der Waals surface area (Å²) in [6.07, 6.45) is 0. The van der Waals surface area contributed by atoms with E-state index in [2.05, 4.69) is 0 Å². The summed E-state index contributed by atoms with van der Waals surface area (Å²) in [4.78, 5) is 10.6. The molecule has 1 aromatic carbocycles. The van der Waals surface area contributed by atoms with Crippen molar-refractivity contribution in [3.05, 3.63) is 35.4 Å². The lowest BCUT2D eigenvalue weighted by atomic mass is 10.1. The van der Waals surface area contributed by atoms with Crippen LogP contribution in [-0.2, 0) is 10.3 Å². The Hall–Kier alpha value is -0.890. The maximum absolute atomic E-state index is 10.6. The van der Waals surface area contributed by atoms with Crippen molar-refractivity contribution in [2.24, 2.45) is 0 Å². The molecule has 0 spiro atoms. The van der Waals surface area contributed by atoms with E-state index in [0.717, 1.165) is 0 Å². The molecule has 1 rings (SSSR count). The predicted octanol–water partition coefficient (Wildman–Crippen LogP) is 1.18. The van der Waals surface area contributed by atoms with Crippen LogP contribution >= 0.6 is 22.6 Å². The Balaban J connectivity index is 3.33. The van der Waals surface area contributed by atoms with Crippen LogP contribution in [0.25, 0.3) is 0 Å². The number of carboxylic acid groups (broad SMARTS) is 1. The van der Waals surface area contributed by atoms with Gasteiger partial charge in [0, 0.05) is 5.56 Å². The minimum Gasteiger partial charge on any atom is -0.478 e. The molecule has 0 saturated heterocycles. The Labute approximate surface area is 95.2 Å². The molecular formula is C8H5IO4S. The quantitative estimate of drug-likeness (QED) is 0.504. The van der Waals surface area contributed by atoms with Crippen LogP contribution in [0.4, 0.5) is 0 Å². The molecule has 0 radical (unpaired) electrons. The van der Waals surface area contributed by atoms with Crippen molar-refractivity contribution in [2.45, 2.75) is 0 Å². The monoisotopic (exact) mass is 324 g/mol. The Kier molecular flexibility index (Phi) is 3.64. The first-order valence-corrected chi connectivity index (χ1v) is 5.63. The van der Waals surface area contributed by atoms with E-state index in [1.54, 1.807) is 28.7 Å². The van der Waals surface area contributed by atoms with E-state index in [4.69, 9.17) is 5.11 Å². The van der Waals surface area contributed by atoms with Gasteiger partial charge in [-0.15, -0.1) is 0 Å². The van der Waals surface area contributed by atoms with Gasteiger partial charge in [0.05, 0.1) is 5.56 Å². The van der Waals surface area contributed by atoms with Crippen molar-refractivity contribution in [1.82, 2.24) is 0 Å². The zero-order chi connectivity index (χ0) is 10.7. The zero-order valence-electron chi connectivity index (χ0n) is 6.77. The van der Waals surface area contributed by atoms with Crippen LogP contribution in [0.1, 0.15) is 15.9 Å². The highest BCUT2D eigenvalue weighted by molar-refractivity contribution is 14.1. The van der Waals surface area contributed by atoms with Crippen molar-refractivity contribution < 1.29 is 18.3 Å². The summed E-state index contributed by atoms with van der Waals surface area (Å²) < 4.78 is 21.3. The number of carbonyl (C=O) groups is 1.